The molecule has 2 aromatic heterocycles. The topological polar surface area (TPSA) is 92.3 Å². The zero-order valence-corrected chi connectivity index (χ0v) is 15.2. The first-order chi connectivity index (χ1) is 12.6. The molecule has 3 rings (SSSR count). The van der Waals surface area contributed by atoms with E-state index in [1.165, 1.54) is 12.4 Å². The number of tetrazole rings is 1. The maximum Gasteiger partial charge on any atom is 0.416 e. The van der Waals surface area contributed by atoms with Crippen LogP contribution < -0.4 is 5.32 Å². The van der Waals surface area contributed by atoms with Crippen LogP contribution in [0.1, 0.15) is 51.0 Å². The third kappa shape index (κ3) is 4.69. The summed E-state index contributed by atoms with van der Waals surface area (Å²) in [5, 5.41) is 17.8. The van der Waals surface area contributed by atoms with Crippen LogP contribution in [0.15, 0.2) is 24.5 Å². The number of aromatic amines is 1. The lowest BCUT2D eigenvalue weighted by Gasteiger charge is -2.23. The van der Waals surface area contributed by atoms with Gasteiger partial charge in [-0.3, -0.25) is 0 Å². The van der Waals surface area contributed by atoms with E-state index in [0.29, 0.717) is 23.4 Å². The molecule has 0 saturated heterocycles. The van der Waals surface area contributed by atoms with Crippen molar-refractivity contribution in [3.8, 4) is 0 Å². The minimum absolute atomic E-state index is 0.0962. The van der Waals surface area contributed by atoms with Crippen LogP contribution in [0, 0.1) is 5.41 Å². The predicted octanol–water partition coefficient (Wildman–Crippen LogP) is 4.14. The van der Waals surface area contributed by atoms with Gasteiger partial charge in [-0.25, -0.2) is 9.97 Å². The Morgan fingerprint density at radius 1 is 1.15 bits per heavy atom. The number of rotatable bonds is 5. The average molecular weight is 379 g/mol. The summed E-state index contributed by atoms with van der Waals surface area (Å²) in [6.45, 7) is 6.37. The number of halogens is 3. The van der Waals surface area contributed by atoms with Gasteiger partial charge in [-0.15, -0.1) is 10.2 Å². The molecule has 0 fully saturated rings. The summed E-state index contributed by atoms with van der Waals surface area (Å²) in [6.07, 6.45) is -1.61. The standard InChI is InChI=1S/C17H20F3N7/c1-16(2,3)7-6-12(15-24-26-27-25-15)23-14-11-5-4-10(17(18,19)20)8-13(11)21-9-22-14/h4-5,8-9,12H,6-7H2,1-3H3,(H,21,22,23)(H,24,25,26,27). The van der Waals surface area contributed by atoms with E-state index in [9.17, 15) is 13.2 Å². The first kappa shape index (κ1) is 19.0. The number of fused-ring (bicyclic) bond motifs is 1. The van der Waals surface area contributed by atoms with Crippen molar-refractivity contribution in [2.24, 2.45) is 5.41 Å². The molecule has 0 aliphatic carbocycles. The Morgan fingerprint density at radius 3 is 2.56 bits per heavy atom. The van der Waals surface area contributed by atoms with Crippen molar-refractivity contribution < 1.29 is 13.2 Å². The molecular weight excluding hydrogens is 359 g/mol. The lowest BCUT2D eigenvalue weighted by atomic mass is 9.88. The summed E-state index contributed by atoms with van der Waals surface area (Å²) in [6, 6.07) is 3.12. The van der Waals surface area contributed by atoms with E-state index in [0.717, 1.165) is 18.6 Å². The highest BCUT2D eigenvalue weighted by molar-refractivity contribution is 5.89. The first-order valence-corrected chi connectivity index (χ1v) is 8.45. The third-order valence-corrected chi connectivity index (χ3v) is 4.13. The Balaban J connectivity index is 1.92. The summed E-state index contributed by atoms with van der Waals surface area (Å²) in [5.41, 5.74) is -0.439. The Morgan fingerprint density at radius 2 is 1.93 bits per heavy atom. The second kappa shape index (κ2) is 7.09. The van der Waals surface area contributed by atoms with Gasteiger partial charge in [0.25, 0.3) is 0 Å². The summed E-state index contributed by atoms with van der Waals surface area (Å²) < 4.78 is 38.8. The molecule has 0 radical (unpaired) electrons. The molecule has 27 heavy (non-hydrogen) atoms. The quantitative estimate of drug-likeness (QED) is 0.692. The summed E-state index contributed by atoms with van der Waals surface area (Å²) in [5.74, 6) is 0.898. The van der Waals surface area contributed by atoms with E-state index in [2.05, 4.69) is 56.7 Å². The second-order valence-electron chi connectivity index (χ2n) is 7.52. The van der Waals surface area contributed by atoms with Crippen LogP contribution in [-0.4, -0.2) is 30.6 Å². The number of anilines is 1. The maximum absolute atomic E-state index is 12.9. The van der Waals surface area contributed by atoms with Gasteiger partial charge in [0.2, 0.25) is 0 Å². The van der Waals surface area contributed by atoms with Crippen LogP contribution in [0.5, 0.6) is 0 Å². The minimum atomic E-state index is -4.42. The van der Waals surface area contributed by atoms with Gasteiger partial charge in [0.1, 0.15) is 12.1 Å². The largest absolute Gasteiger partial charge is 0.416 e. The Kier molecular flexibility index (Phi) is 4.99. The van der Waals surface area contributed by atoms with Crippen LogP contribution in [0.2, 0.25) is 0 Å². The predicted molar refractivity (Wildman–Crippen MR) is 93.8 cm³/mol. The Bertz CT molecular complexity index is 901. The highest BCUT2D eigenvalue weighted by Gasteiger charge is 2.31. The van der Waals surface area contributed by atoms with Gasteiger partial charge >= 0.3 is 6.18 Å². The van der Waals surface area contributed by atoms with Gasteiger partial charge in [0.15, 0.2) is 5.82 Å². The van der Waals surface area contributed by atoms with Crippen molar-refractivity contribution >= 4 is 16.7 Å². The van der Waals surface area contributed by atoms with Crippen molar-refractivity contribution in [1.82, 2.24) is 30.6 Å². The molecule has 3 aromatic rings. The Labute approximate surface area is 153 Å². The molecule has 0 amide bonds. The molecule has 1 atom stereocenters. The fourth-order valence-electron chi connectivity index (χ4n) is 2.67. The van der Waals surface area contributed by atoms with Gasteiger partial charge in [-0.2, -0.15) is 18.4 Å². The van der Waals surface area contributed by atoms with E-state index in [4.69, 9.17) is 0 Å². The minimum Gasteiger partial charge on any atom is -0.359 e. The first-order valence-electron chi connectivity index (χ1n) is 8.45. The molecule has 10 heteroatoms. The van der Waals surface area contributed by atoms with Crippen molar-refractivity contribution in [2.75, 3.05) is 5.32 Å². The third-order valence-electron chi connectivity index (χ3n) is 4.13. The molecule has 0 aliphatic heterocycles. The highest BCUT2D eigenvalue weighted by atomic mass is 19.4. The lowest BCUT2D eigenvalue weighted by molar-refractivity contribution is -0.137. The van der Waals surface area contributed by atoms with Crippen LogP contribution in [0.4, 0.5) is 19.0 Å². The molecule has 0 bridgehead atoms. The van der Waals surface area contributed by atoms with Crippen molar-refractivity contribution in [3.63, 3.8) is 0 Å². The fraction of sp³-hybridized carbons (Fsp3) is 0.471. The zero-order valence-electron chi connectivity index (χ0n) is 15.2. The second-order valence-corrected chi connectivity index (χ2v) is 7.52. The normalized spacial score (nSPS) is 13.7. The zero-order chi connectivity index (χ0) is 19.7. The van der Waals surface area contributed by atoms with Crippen LogP contribution in [0.3, 0.4) is 0 Å². The number of H-pyrrole nitrogens is 1. The number of aromatic nitrogens is 6. The van der Waals surface area contributed by atoms with Gasteiger partial charge < -0.3 is 5.32 Å². The molecule has 0 saturated carbocycles. The van der Waals surface area contributed by atoms with E-state index >= 15 is 0 Å². The lowest BCUT2D eigenvalue weighted by Crippen LogP contribution is -2.17. The number of hydrogen-bond acceptors (Lipinski definition) is 6. The van der Waals surface area contributed by atoms with E-state index in [-0.39, 0.29) is 17.0 Å². The van der Waals surface area contributed by atoms with Gasteiger partial charge in [0, 0.05) is 5.39 Å². The molecule has 7 nitrogen and oxygen atoms in total. The Hall–Kier alpha value is -2.78. The van der Waals surface area contributed by atoms with E-state index in [1.807, 2.05) is 0 Å². The van der Waals surface area contributed by atoms with Gasteiger partial charge in [0.05, 0.1) is 17.1 Å². The number of alkyl halides is 3. The SMILES string of the molecule is CC(C)(C)CCC(Nc1ncnc2cc(C(F)(F)F)ccc12)c1nn[nH]n1. The number of nitrogens with zero attached hydrogens (tertiary/aromatic N) is 5. The molecule has 144 valence electrons. The molecule has 1 unspecified atom stereocenters. The molecule has 0 spiro atoms. The van der Waals surface area contributed by atoms with Crippen LogP contribution >= 0.6 is 0 Å². The van der Waals surface area contributed by atoms with Crippen LogP contribution in [0.25, 0.3) is 10.9 Å². The molecular formula is C17H20F3N7. The smallest absolute Gasteiger partial charge is 0.359 e. The summed E-state index contributed by atoms with van der Waals surface area (Å²) in [4.78, 5) is 8.17. The monoisotopic (exact) mass is 379 g/mol. The average Bonchev–Trinajstić information content (AvgIpc) is 3.11. The molecule has 1 aromatic carbocycles. The van der Waals surface area contributed by atoms with Crippen LogP contribution in [-0.2, 0) is 6.18 Å². The molecule has 0 aliphatic rings. The number of hydrogen-bond donors (Lipinski definition) is 2. The van der Waals surface area contributed by atoms with E-state index < -0.39 is 11.7 Å². The van der Waals surface area contributed by atoms with Gasteiger partial charge in [-0.05, 0) is 36.5 Å². The maximum atomic E-state index is 12.9. The summed E-state index contributed by atoms with van der Waals surface area (Å²) >= 11 is 0. The highest BCUT2D eigenvalue weighted by Crippen LogP contribution is 2.33. The van der Waals surface area contributed by atoms with Crippen molar-refractivity contribution in [1.29, 1.82) is 0 Å². The number of benzene rings is 1. The van der Waals surface area contributed by atoms with Crippen molar-refractivity contribution in [3.05, 3.63) is 35.9 Å². The fourth-order valence-corrected chi connectivity index (χ4v) is 2.67. The number of nitrogens with one attached hydrogen (secondary N) is 2. The molecule has 2 N–H and O–H groups in total. The van der Waals surface area contributed by atoms with E-state index in [1.54, 1.807) is 0 Å². The van der Waals surface area contributed by atoms with Crippen molar-refractivity contribution in [2.45, 2.75) is 45.8 Å². The van der Waals surface area contributed by atoms with Gasteiger partial charge in [-0.1, -0.05) is 26.0 Å². The summed E-state index contributed by atoms with van der Waals surface area (Å²) in [7, 11) is 0. The molecule has 2 heterocycles.